The normalized spacial score (nSPS) is 10.0. The van der Waals surface area contributed by atoms with Crippen molar-refractivity contribution < 1.29 is 0 Å². The van der Waals surface area contributed by atoms with E-state index in [4.69, 9.17) is 16.3 Å². The van der Waals surface area contributed by atoms with Gasteiger partial charge in [-0.05, 0) is 0 Å². The van der Waals surface area contributed by atoms with Crippen LogP contribution in [0, 0.1) is 21.3 Å². The van der Waals surface area contributed by atoms with Gasteiger partial charge in [0.15, 0.2) is 22.0 Å². The molecule has 0 aliphatic heterocycles. The fraction of sp³-hybridized carbons (Fsp3) is 0. The van der Waals surface area contributed by atoms with Gasteiger partial charge in [0.1, 0.15) is 6.33 Å². The SMILES string of the molecule is N#CSn1cnc2c1c(=O)nc(N)n2SC#N. The monoisotopic (exact) mass is 265 g/mol. The first-order valence-corrected chi connectivity index (χ1v) is 5.62. The number of nitrogens with two attached hydrogens (primary N) is 1. The minimum absolute atomic E-state index is 0.110. The summed E-state index contributed by atoms with van der Waals surface area (Å²) in [6.45, 7) is 0. The van der Waals surface area contributed by atoms with Crippen LogP contribution in [0.5, 0.6) is 0 Å². The van der Waals surface area contributed by atoms with E-state index >= 15 is 0 Å². The predicted octanol–water partition coefficient (Wildman–Crippen LogP) is 0.130. The highest BCUT2D eigenvalue weighted by molar-refractivity contribution is 8.02. The molecule has 2 rings (SSSR count). The van der Waals surface area contributed by atoms with Crippen LogP contribution in [0.25, 0.3) is 11.2 Å². The number of anilines is 1. The van der Waals surface area contributed by atoms with Crippen molar-refractivity contribution in [1.82, 2.24) is 17.9 Å². The first kappa shape index (κ1) is 11.3. The van der Waals surface area contributed by atoms with Gasteiger partial charge < -0.3 is 5.73 Å². The third-order valence-corrected chi connectivity index (χ3v) is 2.99. The van der Waals surface area contributed by atoms with Gasteiger partial charge in [0.25, 0.3) is 0 Å². The first-order valence-electron chi connectivity index (χ1n) is 4.07. The summed E-state index contributed by atoms with van der Waals surface area (Å²) < 4.78 is 2.50. The van der Waals surface area contributed by atoms with Crippen molar-refractivity contribution in [3.8, 4) is 10.8 Å². The van der Waals surface area contributed by atoms with Gasteiger partial charge in [0.05, 0.1) is 23.9 Å². The molecule has 0 bridgehead atoms. The molecule has 8 nitrogen and oxygen atoms in total. The Bertz CT molecular complexity index is 719. The summed E-state index contributed by atoms with van der Waals surface area (Å²) in [6.07, 6.45) is 1.30. The highest BCUT2D eigenvalue weighted by atomic mass is 32.2. The standard InChI is InChI=1S/C7H3N7OS2/c8-1-16-13-3-11-5-4(13)6(15)12-7(10)14(5)17-2-9/h3H,(H2,10,12,15). The third kappa shape index (κ3) is 1.80. The zero-order valence-corrected chi connectivity index (χ0v) is 9.70. The highest BCUT2D eigenvalue weighted by Crippen LogP contribution is 2.20. The Hall–Kier alpha value is -2.17. The summed E-state index contributed by atoms with van der Waals surface area (Å²) in [5.41, 5.74) is 5.25. The molecule has 17 heavy (non-hydrogen) atoms. The molecule has 0 atom stereocenters. The lowest BCUT2D eigenvalue weighted by atomic mass is 10.5. The smallest absolute Gasteiger partial charge is 0.301 e. The van der Waals surface area contributed by atoms with E-state index < -0.39 is 5.56 Å². The summed E-state index contributed by atoms with van der Waals surface area (Å²) in [6, 6.07) is 0. The first-order chi connectivity index (χ1) is 8.19. The van der Waals surface area contributed by atoms with Gasteiger partial charge >= 0.3 is 5.56 Å². The number of rotatable bonds is 2. The molecule has 0 fully saturated rings. The average Bonchev–Trinajstić information content (AvgIpc) is 2.69. The molecule has 0 saturated carbocycles. The molecule has 0 unspecified atom stereocenters. The summed E-state index contributed by atoms with van der Waals surface area (Å²) in [5.74, 6) is -0.110. The van der Waals surface area contributed by atoms with E-state index in [1.165, 1.54) is 14.3 Å². The van der Waals surface area contributed by atoms with Gasteiger partial charge in [-0.25, -0.2) is 8.96 Å². The molecule has 0 radical (unpaired) electrons. The van der Waals surface area contributed by atoms with E-state index in [1.807, 2.05) is 10.8 Å². The van der Waals surface area contributed by atoms with Crippen molar-refractivity contribution in [2.45, 2.75) is 0 Å². The van der Waals surface area contributed by atoms with Crippen LogP contribution in [0.15, 0.2) is 11.1 Å². The number of thiocyanates is 2. The Labute approximate surface area is 103 Å². The van der Waals surface area contributed by atoms with Gasteiger partial charge in [-0.2, -0.15) is 15.5 Å². The zero-order valence-electron chi connectivity index (χ0n) is 8.06. The molecule has 0 aromatic carbocycles. The number of imidazole rings is 1. The number of nitriles is 2. The fourth-order valence-electron chi connectivity index (χ4n) is 1.22. The second-order valence-corrected chi connectivity index (χ2v) is 4.17. The molecule has 2 heterocycles. The maximum absolute atomic E-state index is 11.6. The quantitative estimate of drug-likeness (QED) is 0.759. The largest absolute Gasteiger partial charge is 0.368 e. The molecular weight excluding hydrogens is 262 g/mol. The van der Waals surface area contributed by atoms with Crippen molar-refractivity contribution >= 4 is 41.0 Å². The van der Waals surface area contributed by atoms with Crippen molar-refractivity contribution in [1.29, 1.82) is 10.5 Å². The Morgan fingerprint density at radius 1 is 1.35 bits per heavy atom. The van der Waals surface area contributed by atoms with E-state index in [0.717, 1.165) is 11.9 Å². The number of aromatic nitrogens is 4. The Morgan fingerprint density at radius 2 is 2.06 bits per heavy atom. The molecule has 2 N–H and O–H groups in total. The van der Waals surface area contributed by atoms with Crippen molar-refractivity contribution in [3.63, 3.8) is 0 Å². The molecule has 84 valence electrons. The number of hydrogen-bond donors (Lipinski definition) is 1. The van der Waals surface area contributed by atoms with Crippen LogP contribution in [0.1, 0.15) is 0 Å². The molecule has 10 heteroatoms. The van der Waals surface area contributed by atoms with E-state index in [0.29, 0.717) is 11.9 Å². The lowest BCUT2D eigenvalue weighted by Crippen LogP contribution is -2.16. The molecule has 0 saturated heterocycles. The number of nitrogens with zero attached hydrogens (tertiary/aromatic N) is 6. The molecule has 2 aromatic heterocycles. The second-order valence-electron chi connectivity index (χ2n) is 2.68. The van der Waals surface area contributed by atoms with Crippen LogP contribution in [0.2, 0.25) is 0 Å². The fourth-order valence-corrected chi connectivity index (χ4v) is 2.09. The maximum atomic E-state index is 11.6. The van der Waals surface area contributed by atoms with E-state index in [-0.39, 0.29) is 17.1 Å². The van der Waals surface area contributed by atoms with Crippen LogP contribution in [0.3, 0.4) is 0 Å². The van der Waals surface area contributed by atoms with Crippen LogP contribution in [0.4, 0.5) is 5.95 Å². The Balaban J connectivity index is 2.83. The lowest BCUT2D eigenvalue weighted by Gasteiger charge is -2.03. The molecular formula is C7H3N7OS2. The number of nitrogen functional groups attached to an aromatic ring is 1. The Kier molecular flexibility index (Phi) is 2.91. The summed E-state index contributed by atoms with van der Waals surface area (Å²) in [7, 11) is 0. The highest BCUT2D eigenvalue weighted by Gasteiger charge is 2.15. The third-order valence-electron chi connectivity index (χ3n) is 1.81. The van der Waals surface area contributed by atoms with E-state index in [2.05, 4.69) is 9.97 Å². The number of fused-ring (bicyclic) bond motifs is 1. The van der Waals surface area contributed by atoms with Crippen LogP contribution in [-0.2, 0) is 0 Å². The predicted molar refractivity (Wildman–Crippen MR) is 63.4 cm³/mol. The molecule has 2 aromatic rings. The van der Waals surface area contributed by atoms with E-state index in [9.17, 15) is 4.79 Å². The van der Waals surface area contributed by atoms with Gasteiger partial charge in [0.2, 0.25) is 5.95 Å². The van der Waals surface area contributed by atoms with Gasteiger partial charge in [0, 0.05) is 0 Å². The molecule has 0 amide bonds. The molecule has 0 aliphatic carbocycles. The minimum atomic E-state index is -0.590. The summed E-state index contributed by atoms with van der Waals surface area (Å²) in [5, 5.41) is 20.8. The summed E-state index contributed by atoms with van der Waals surface area (Å²) in [4.78, 5) is 19.1. The van der Waals surface area contributed by atoms with Crippen molar-refractivity contribution in [2.75, 3.05) is 5.73 Å². The molecule has 0 aliphatic rings. The van der Waals surface area contributed by atoms with Gasteiger partial charge in [-0.1, -0.05) is 0 Å². The van der Waals surface area contributed by atoms with E-state index in [1.54, 1.807) is 0 Å². The second kappa shape index (κ2) is 4.37. The van der Waals surface area contributed by atoms with Crippen LogP contribution in [-0.4, -0.2) is 17.9 Å². The van der Waals surface area contributed by atoms with Gasteiger partial charge in [-0.3, -0.25) is 8.77 Å². The average molecular weight is 265 g/mol. The maximum Gasteiger partial charge on any atom is 0.301 e. The van der Waals surface area contributed by atoms with Crippen LogP contribution >= 0.6 is 23.9 Å². The van der Waals surface area contributed by atoms with Crippen molar-refractivity contribution in [2.24, 2.45) is 0 Å². The van der Waals surface area contributed by atoms with Gasteiger partial charge in [-0.15, -0.1) is 0 Å². The summed E-state index contributed by atoms with van der Waals surface area (Å²) >= 11 is 1.43. The van der Waals surface area contributed by atoms with Crippen molar-refractivity contribution in [3.05, 3.63) is 16.7 Å². The topological polar surface area (TPSA) is 126 Å². The lowest BCUT2D eigenvalue weighted by molar-refractivity contribution is 1.13. The zero-order chi connectivity index (χ0) is 12.4. The number of hydrogen-bond acceptors (Lipinski definition) is 8. The Morgan fingerprint density at radius 3 is 2.71 bits per heavy atom. The molecule has 0 spiro atoms. The van der Waals surface area contributed by atoms with Crippen LogP contribution < -0.4 is 11.3 Å². The minimum Gasteiger partial charge on any atom is -0.368 e.